The number of ether oxygens (including phenoxy) is 1. The predicted octanol–water partition coefficient (Wildman–Crippen LogP) is -1.04. The maximum Gasteiger partial charge on any atom is 0.326 e. The van der Waals surface area contributed by atoms with Crippen LogP contribution < -0.4 is 5.32 Å². The predicted molar refractivity (Wildman–Crippen MR) is 88.2 cm³/mol. The summed E-state index contributed by atoms with van der Waals surface area (Å²) in [6.07, 6.45) is -1.85. The first-order valence-corrected chi connectivity index (χ1v) is 8.14. The van der Waals surface area contributed by atoms with E-state index in [4.69, 9.17) is 4.74 Å². The highest BCUT2D eigenvalue weighted by molar-refractivity contribution is 5.86. The van der Waals surface area contributed by atoms with E-state index in [1.165, 1.54) is 17.2 Å². The van der Waals surface area contributed by atoms with Gasteiger partial charge in [-0.05, 0) is 5.92 Å². The Morgan fingerprint density at radius 1 is 1.31 bits per heavy atom. The Labute approximate surface area is 148 Å². The summed E-state index contributed by atoms with van der Waals surface area (Å²) in [5, 5.41) is 41.5. The number of aliphatic hydroxyl groups excluding tert-OH is 3. The van der Waals surface area contributed by atoms with E-state index in [0.29, 0.717) is 11.2 Å². The molecule has 0 aromatic carbocycles. The van der Waals surface area contributed by atoms with Gasteiger partial charge in [0.25, 0.3) is 0 Å². The summed E-state index contributed by atoms with van der Waals surface area (Å²) >= 11 is 0. The number of carboxylic acids is 1. The van der Waals surface area contributed by atoms with Gasteiger partial charge in [0.2, 0.25) is 0 Å². The quantitative estimate of drug-likeness (QED) is 0.426. The lowest BCUT2D eigenvalue weighted by Gasteiger charge is -2.19. The lowest BCUT2D eigenvalue weighted by Crippen LogP contribution is -2.34. The summed E-state index contributed by atoms with van der Waals surface area (Å²) in [6, 6.07) is -0.868. The number of imidazole rings is 1. The van der Waals surface area contributed by atoms with Crippen LogP contribution in [-0.4, -0.2) is 76.9 Å². The number of rotatable bonds is 6. The molecule has 2 aromatic rings. The number of nitrogens with zero attached hydrogens (tertiary/aromatic N) is 4. The lowest BCUT2D eigenvalue weighted by molar-refractivity contribution is -0.138. The minimum Gasteiger partial charge on any atom is -0.480 e. The second-order valence-electron chi connectivity index (χ2n) is 6.48. The van der Waals surface area contributed by atoms with E-state index in [1.807, 2.05) is 0 Å². The minimum absolute atomic E-state index is 0.194. The average Bonchev–Trinajstić information content (AvgIpc) is 3.14. The Kier molecular flexibility index (Phi) is 5.05. The van der Waals surface area contributed by atoms with Crippen LogP contribution in [0.2, 0.25) is 0 Å². The third-order valence-electron chi connectivity index (χ3n) is 4.38. The van der Waals surface area contributed by atoms with Gasteiger partial charge in [0.15, 0.2) is 23.2 Å². The van der Waals surface area contributed by atoms with Crippen molar-refractivity contribution in [2.75, 3.05) is 11.9 Å². The maximum absolute atomic E-state index is 11.4. The van der Waals surface area contributed by atoms with Gasteiger partial charge in [-0.15, -0.1) is 0 Å². The summed E-state index contributed by atoms with van der Waals surface area (Å²) in [5.41, 5.74) is 0.599. The first-order chi connectivity index (χ1) is 12.3. The van der Waals surface area contributed by atoms with Gasteiger partial charge in [-0.2, -0.15) is 0 Å². The molecule has 11 heteroatoms. The van der Waals surface area contributed by atoms with Gasteiger partial charge in [-0.3, -0.25) is 4.57 Å². The Morgan fingerprint density at radius 3 is 2.62 bits per heavy atom. The van der Waals surface area contributed by atoms with Crippen LogP contribution in [0.4, 0.5) is 5.82 Å². The standard InChI is InChI=1S/C15H21N5O6/c1-6(2)8(15(24)25)19-12-9-13(17-4-16-12)20(5-18-9)14-11(23)10(22)7(3-21)26-14/h4-8,10-11,14,21-23H,3H2,1-2H3,(H,24,25)(H,16,17,19)/t7-,8+,10?,11?,14-/m1/s1. The molecule has 0 spiro atoms. The minimum atomic E-state index is -1.28. The van der Waals surface area contributed by atoms with E-state index in [9.17, 15) is 25.2 Å². The first-order valence-electron chi connectivity index (χ1n) is 8.14. The number of fused-ring (bicyclic) bond motifs is 1. The van der Waals surface area contributed by atoms with Crippen molar-refractivity contribution in [2.24, 2.45) is 5.92 Å². The number of aliphatic hydroxyl groups is 3. The second-order valence-corrected chi connectivity index (χ2v) is 6.48. The van der Waals surface area contributed by atoms with E-state index in [1.54, 1.807) is 13.8 Å². The number of aliphatic carboxylic acids is 1. The summed E-state index contributed by atoms with van der Waals surface area (Å²) in [7, 11) is 0. The maximum atomic E-state index is 11.4. The van der Waals surface area contributed by atoms with Crippen LogP contribution in [0.25, 0.3) is 11.2 Å². The number of hydrogen-bond acceptors (Lipinski definition) is 9. The SMILES string of the molecule is CC(C)[C@H](Nc1ncnc2c1ncn2[C@@H]1O[C@H](CO)C(O)C1O)C(=O)O. The van der Waals surface area contributed by atoms with Crippen molar-refractivity contribution in [1.82, 2.24) is 19.5 Å². The molecule has 0 radical (unpaired) electrons. The molecular formula is C15H21N5O6. The fraction of sp³-hybridized carbons (Fsp3) is 0.600. The van der Waals surface area contributed by atoms with Crippen LogP contribution in [-0.2, 0) is 9.53 Å². The van der Waals surface area contributed by atoms with Gasteiger partial charge in [-0.25, -0.2) is 19.7 Å². The molecule has 2 aromatic heterocycles. The largest absolute Gasteiger partial charge is 0.480 e. The van der Waals surface area contributed by atoms with Gasteiger partial charge in [0.1, 0.15) is 30.7 Å². The molecule has 1 aliphatic heterocycles. The Bertz CT molecular complexity index is 796. The number of carboxylic acid groups (broad SMARTS) is 1. The summed E-state index contributed by atoms with van der Waals surface area (Å²) in [4.78, 5) is 23.8. The van der Waals surface area contributed by atoms with Crippen molar-refractivity contribution < 1.29 is 30.0 Å². The fourth-order valence-corrected chi connectivity index (χ4v) is 2.91. The Hall–Kier alpha value is -2.34. The zero-order valence-electron chi connectivity index (χ0n) is 14.2. The molecule has 0 amide bonds. The Balaban J connectivity index is 1.96. The number of hydrogen-bond donors (Lipinski definition) is 5. The molecule has 2 unspecified atom stereocenters. The topological polar surface area (TPSA) is 163 Å². The van der Waals surface area contributed by atoms with Gasteiger partial charge < -0.3 is 30.5 Å². The molecular weight excluding hydrogens is 346 g/mol. The van der Waals surface area contributed by atoms with Gasteiger partial charge in [-0.1, -0.05) is 13.8 Å². The van der Waals surface area contributed by atoms with Crippen molar-refractivity contribution >= 4 is 23.0 Å². The third-order valence-corrected chi connectivity index (χ3v) is 4.38. The van der Waals surface area contributed by atoms with Gasteiger partial charge in [0, 0.05) is 0 Å². The molecule has 1 fully saturated rings. The van der Waals surface area contributed by atoms with E-state index in [2.05, 4.69) is 20.3 Å². The van der Waals surface area contributed by atoms with E-state index in [0.717, 1.165) is 0 Å². The van der Waals surface area contributed by atoms with Crippen molar-refractivity contribution in [1.29, 1.82) is 0 Å². The molecule has 5 N–H and O–H groups in total. The molecule has 3 rings (SSSR count). The normalized spacial score (nSPS) is 27.2. The van der Waals surface area contributed by atoms with Crippen LogP contribution in [0, 0.1) is 5.92 Å². The fourth-order valence-electron chi connectivity index (χ4n) is 2.91. The third kappa shape index (κ3) is 3.09. The van der Waals surface area contributed by atoms with Crippen molar-refractivity contribution in [3.8, 4) is 0 Å². The van der Waals surface area contributed by atoms with E-state index < -0.39 is 43.2 Å². The first kappa shape index (κ1) is 18.5. The smallest absolute Gasteiger partial charge is 0.326 e. The molecule has 5 atom stereocenters. The molecule has 0 aliphatic carbocycles. The molecule has 11 nitrogen and oxygen atoms in total. The van der Waals surface area contributed by atoms with Crippen molar-refractivity contribution in [3.63, 3.8) is 0 Å². The zero-order chi connectivity index (χ0) is 19.0. The second kappa shape index (κ2) is 7.11. The van der Waals surface area contributed by atoms with Crippen LogP contribution in [0.1, 0.15) is 20.1 Å². The van der Waals surface area contributed by atoms with E-state index in [-0.39, 0.29) is 11.7 Å². The summed E-state index contributed by atoms with van der Waals surface area (Å²) < 4.78 is 6.90. The number of nitrogens with one attached hydrogen (secondary N) is 1. The van der Waals surface area contributed by atoms with Crippen molar-refractivity contribution in [2.45, 2.75) is 44.4 Å². The van der Waals surface area contributed by atoms with Crippen LogP contribution >= 0.6 is 0 Å². The zero-order valence-corrected chi connectivity index (χ0v) is 14.2. The highest BCUT2D eigenvalue weighted by Gasteiger charge is 2.44. The molecule has 142 valence electrons. The number of carbonyl (C=O) groups is 1. The molecule has 1 saturated heterocycles. The molecule has 3 heterocycles. The van der Waals surface area contributed by atoms with Crippen LogP contribution in [0.5, 0.6) is 0 Å². The van der Waals surface area contributed by atoms with Crippen LogP contribution in [0.15, 0.2) is 12.7 Å². The number of anilines is 1. The molecule has 0 saturated carbocycles. The van der Waals surface area contributed by atoms with E-state index >= 15 is 0 Å². The Morgan fingerprint density at radius 2 is 2.04 bits per heavy atom. The molecule has 26 heavy (non-hydrogen) atoms. The van der Waals surface area contributed by atoms with Crippen molar-refractivity contribution in [3.05, 3.63) is 12.7 Å². The van der Waals surface area contributed by atoms with Gasteiger partial charge in [0.05, 0.1) is 12.9 Å². The highest BCUT2D eigenvalue weighted by Crippen LogP contribution is 2.32. The lowest BCUT2D eigenvalue weighted by atomic mass is 10.1. The summed E-state index contributed by atoms with van der Waals surface area (Å²) in [6.45, 7) is 3.08. The highest BCUT2D eigenvalue weighted by atomic mass is 16.6. The van der Waals surface area contributed by atoms with Gasteiger partial charge >= 0.3 is 5.97 Å². The molecule has 0 bridgehead atoms. The number of aromatic nitrogens is 4. The summed E-state index contributed by atoms with van der Waals surface area (Å²) in [5.74, 6) is -0.976. The monoisotopic (exact) mass is 367 g/mol. The van der Waals surface area contributed by atoms with Crippen LogP contribution in [0.3, 0.4) is 0 Å². The molecule has 1 aliphatic rings. The average molecular weight is 367 g/mol.